The van der Waals surface area contributed by atoms with E-state index in [0.717, 1.165) is 37.4 Å². The lowest BCUT2D eigenvalue weighted by atomic mass is 10.1. The van der Waals surface area contributed by atoms with Gasteiger partial charge in [0.15, 0.2) is 11.6 Å². The highest BCUT2D eigenvalue weighted by Gasteiger charge is 2.25. The Morgan fingerprint density at radius 1 is 1.15 bits per heavy atom. The quantitative estimate of drug-likeness (QED) is 0.848. The summed E-state index contributed by atoms with van der Waals surface area (Å²) in [7, 11) is 1.46. The van der Waals surface area contributed by atoms with Gasteiger partial charge in [0.1, 0.15) is 0 Å². The minimum absolute atomic E-state index is 0.00637. The molecule has 0 aromatic heterocycles. The van der Waals surface area contributed by atoms with Crippen LogP contribution in [0.2, 0.25) is 0 Å². The molecule has 1 saturated heterocycles. The van der Waals surface area contributed by atoms with E-state index in [1.807, 2.05) is 43.3 Å². The van der Waals surface area contributed by atoms with Crippen LogP contribution in [0.3, 0.4) is 0 Å². The summed E-state index contributed by atoms with van der Waals surface area (Å²) in [5.74, 6) is -0.0615. The first-order valence-electron chi connectivity index (χ1n) is 9.21. The van der Waals surface area contributed by atoms with Gasteiger partial charge in [-0.2, -0.15) is 0 Å². The topological polar surface area (TPSA) is 44.8 Å². The zero-order valence-corrected chi connectivity index (χ0v) is 15.8. The van der Waals surface area contributed by atoms with Crippen molar-refractivity contribution < 1.29 is 13.9 Å². The maximum Gasteiger partial charge on any atom is 0.241 e. The van der Waals surface area contributed by atoms with Gasteiger partial charge in [-0.25, -0.2) is 4.39 Å². The third-order valence-electron chi connectivity index (χ3n) is 5.00. The highest BCUT2D eigenvalue weighted by molar-refractivity contribution is 5.94. The average molecular weight is 371 g/mol. The van der Waals surface area contributed by atoms with E-state index in [1.54, 1.807) is 6.07 Å². The summed E-state index contributed by atoms with van der Waals surface area (Å²) in [6, 6.07) is 14.4. The van der Waals surface area contributed by atoms with Gasteiger partial charge < -0.3 is 10.1 Å². The molecule has 0 spiro atoms. The Morgan fingerprint density at radius 3 is 2.48 bits per heavy atom. The smallest absolute Gasteiger partial charge is 0.241 e. The predicted octanol–water partition coefficient (Wildman–Crippen LogP) is 2.98. The number of amides is 1. The van der Waals surface area contributed by atoms with Gasteiger partial charge in [0.05, 0.1) is 13.2 Å². The molecule has 1 atom stereocenters. The van der Waals surface area contributed by atoms with E-state index in [1.165, 1.54) is 13.2 Å². The second kappa shape index (κ2) is 8.97. The van der Waals surface area contributed by atoms with E-state index < -0.39 is 0 Å². The van der Waals surface area contributed by atoms with Gasteiger partial charge >= 0.3 is 0 Å². The molecule has 0 aliphatic carbocycles. The number of para-hydroxylation sites is 1. The number of methoxy groups -OCH3 is 1. The SMILES string of the molecule is COc1ccc(CN2CCN(C(C)C(=O)Nc3ccccc3)CC2)cc1F. The van der Waals surface area contributed by atoms with Crippen molar-refractivity contribution in [3.8, 4) is 5.75 Å². The lowest BCUT2D eigenvalue weighted by Crippen LogP contribution is -2.52. The lowest BCUT2D eigenvalue weighted by molar-refractivity contribution is -0.121. The molecule has 2 aromatic rings. The molecule has 1 unspecified atom stereocenters. The number of halogens is 1. The van der Waals surface area contributed by atoms with Crippen molar-refractivity contribution in [2.45, 2.75) is 19.5 Å². The van der Waals surface area contributed by atoms with Gasteiger partial charge in [-0.1, -0.05) is 24.3 Å². The molecule has 1 heterocycles. The van der Waals surface area contributed by atoms with Gasteiger partial charge in [0.25, 0.3) is 0 Å². The first kappa shape index (κ1) is 19.3. The van der Waals surface area contributed by atoms with Crippen LogP contribution in [0.5, 0.6) is 5.75 Å². The highest BCUT2D eigenvalue weighted by Crippen LogP contribution is 2.19. The second-order valence-electron chi connectivity index (χ2n) is 6.81. The summed E-state index contributed by atoms with van der Waals surface area (Å²) in [5.41, 5.74) is 1.74. The van der Waals surface area contributed by atoms with E-state index in [9.17, 15) is 9.18 Å². The van der Waals surface area contributed by atoms with Crippen LogP contribution in [-0.2, 0) is 11.3 Å². The van der Waals surface area contributed by atoms with Crippen LogP contribution in [0.15, 0.2) is 48.5 Å². The Labute approximate surface area is 159 Å². The summed E-state index contributed by atoms with van der Waals surface area (Å²) in [6.45, 7) is 5.93. The van der Waals surface area contributed by atoms with Crippen LogP contribution in [-0.4, -0.2) is 55.0 Å². The number of rotatable bonds is 6. The average Bonchev–Trinajstić information content (AvgIpc) is 2.69. The first-order valence-corrected chi connectivity index (χ1v) is 9.21. The van der Waals surface area contributed by atoms with Crippen LogP contribution in [0.1, 0.15) is 12.5 Å². The summed E-state index contributed by atoms with van der Waals surface area (Å²) >= 11 is 0. The molecule has 5 nitrogen and oxygen atoms in total. The van der Waals surface area contributed by atoms with Gasteiger partial charge in [0, 0.05) is 38.4 Å². The monoisotopic (exact) mass is 371 g/mol. The molecular formula is C21H26FN3O2. The van der Waals surface area contributed by atoms with E-state index >= 15 is 0 Å². The molecule has 0 radical (unpaired) electrons. The van der Waals surface area contributed by atoms with Gasteiger partial charge in [-0.05, 0) is 36.8 Å². The molecule has 1 aliphatic rings. The summed E-state index contributed by atoms with van der Waals surface area (Å²) < 4.78 is 18.8. The molecular weight excluding hydrogens is 345 g/mol. The molecule has 3 rings (SSSR count). The molecule has 27 heavy (non-hydrogen) atoms. The third kappa shape index (κ3) is 5.05. The van der Waals surface area contributed by atoms with Gasteiger partial charge in [0.2, 0.25) is 5.91 Å². The Morgan fingerprint density at radius 2 is 1.85 bits per heavy atom. The largest absolute Gasteiger partial charge is 0.494 e. The zero-order valence-electron chi connectivity index (χ0n) is 15.8. The number of ether oxygens (including phenoxy) is 1. The molecule has 144 valence electrons. The van der Waals surface area contributed by atoms with Crippen LogP contribution in [0.4, 0.5) is 10.1 Å². The number of hydrogen-bond acceptors (Lipinski definition) is 4. The molecule has 6 heteroatoms. The maximum atomic E-state index is 13.8. The predicted molar refractivity (Wildman–Crippen MR) is 104 cm³/mol. The summed E-state index contributed by atoms with van der Waals surface area (Å²) in [5, 5.41) is 2.96. The fourth-order valence-corrected chi connectivity index (χ4v) is 3.31. The molecule has 0 bridgehead atoms. The first-order chi connectivity index (χ1) is 13.1. The number of nitrogens with zero attached hydrogens (tertiary/aromatic N) is 2. The van der Waals surface area contributed by atoms with Crippen molar-refractivity contribution in [2.24, 2.45) is 0 Å². The second-order valence-corrected chi connectivity index (χ2v) is 6.81. The normalized spacial score (nSPS) is 16.7. The van der Waals surface area contributed by atoms with Crippen molar-refractivity contribution in [1.82, 2.24) is 9.80 Å². The number of piperazine rings is 1. The number of benzene rings is 2. The highest BCUT2D eigenvalue weighted by atomic mass is 19.1. The summed E-state index contributed by atoms with van der Waals surface area (Å²) in [6.07, 6.45) is 0. The standard InChI is InChI=1S/C21H26FN3O2/c1-16(21(26)23-18-6-4-3-5-7-18)25-12-10-24(11-13-25)15-17-8-9-20(27-2)19(22)14-17/h3-9,14,16H,10-13,15H2,1-2H3,(H,23,26). The molecule has 1 aliphatic heterocycles. The fourth-order valence-electron chi connectivity index (χ4n) is 3.31. The van der Waals surface area contributed by atoms with Crippen LogP contribution >= 0.6 is 0 Å². The van der Waals surface area contributed by atoms with Crippen LogP contribution in [0, 0.1) is 5.82 Å². The zero-order chi connectivity index (χ0) is 19.2. The van der Waals surface area contributed by atoms with Crippen molar-refractivity contribution in [3.05, 3.63) is 59.9 Å². The lowest BCUT2D eigenvalue weighted by Gasteiger charge is -2.37. The van der Waals surface area contributed by atoms with E-state index in [2.05, 4.69) is 15.1 Å². The number of nitrogens with one attached hydrogen (secondary N) is 1. The van der Waals surface area contributed by atoms with Gasteiger partial charge in [-0.3, -0.25) is 14.6 Å². The Hall–Kier alpha value is -2.44. The van der Waals surface area contributed by atoms with Crippen molar-refractivity contribution >= 4 is 11.6 Å². The van der Waals surface area contributed by atoms with Crippen LogP contribution in [0.25, 0.3) is 0 Å². The molecule has 0 saturated carbocycles. The van der Waals surface area contributed by atoms with Crippen LogP contribution < -0.4 is 10.1 Å². The Bertz CT molecular complexity index is 761. The van der Waals surface area contributed by atoms with Gasteiger partial charge in [-0.15, -0.1) is 0 Å². The molecule has 2 aromatic carbocycles. The summed E-state index contributed by atoms with van der Waals surface area (Å²) in [4.78, 5) is 16.9. The number of carbonyl (C=O) groups excluding carboxylic acids is 1. The maximum absolute atomic E-state index is 13.8. The minimum Gasteiger partial charge on any atom is -0.494 e. The number of carbonyl (C=O) groups is 1. The van der Waals surface area contributed by atoms with Crippen molar-refractivity contribution in [1.29, 1.82) is 0 Å². The van der Waals surface area contributed by atoms with Crippen molar-refractivity contribution in [2.75, 3.05) is 38.6 Å². The third-order valence-corrected chi connectivity index (χ3v) is 5.00. The molecule has 1 amide bonds. The fraction of sp³-hybridized carbons (Fsp3) is 0.381. The molecule has 1 fully saturated rings. The Balaban J connectivity index is 1.49. The van der Waals surface area contributed by atoms with E-state index in [0.29, 0.717) is 6.54 Å². The molecule has 1 N–H and O–H groups in total. The van der Waals surface area contributed by atoms with Crippen molar-refractivity contribution in [3.63, 3.8) is 0 Å². The number of hydrogen-bond donors (Lipinski definition) is 1. The Kier molecular flexibility index (Phi) is 6.42. The van der Waals surface area contributed by atoms with E-state index in [-0.39, 0.29) is 23.5 Å². The number of anilines is 1. The minimum atomic E-state index is -0.333. The van der Waals surface area contributed by atoms with E-state index in [4.69, 9.17) is 4.74 Å².